The lowest BCUT2D eigenvalue weighted by atomic mass is 9.85. The van der Waals surface area contributed by atoms with Gasteiger partial charge in [-0.2, -0.15) is 13.2 Å². The molecule has 1 saturated heterocycles. The second-order valence-electron chi connectivity index (χ2n) is 8.90. The number of benzene rings is 2. The van der Waals surface area contributed by atoms with Crippen LogP contribution in [0.5, 0.6) is 11.5 Å². The molecule has 1 unspecified atom stereocenters. The number of alkyl halides is 3. The fourth-order valence-electron chi connectivity index (χ4n) is 4.48. The van der Waals surface area contributed by atoms with Crippen LogP contribution in [0.15, 0.2) is 53.7 Å². The third-order valence-electron chi connectivity index (χ3n) is 6.36. The first-order valence-electron chi connectivity index (χ1n) is 11.8. The van der Waals surface area contributed by atoms with E-state index in [1.54, 1.807) is 6.07 Å². The highest BCUT2D eigenvalue weighted by Crippen LogP contribution is 2.44. The lowest BCUT2D eigenvalue weighted by Crippen LogP contribution is -2.27. The molecule has 2 aliphatic rings. The Balaban J connectivity index is 1.47. The number of anilines is 1. The van der Waals surface area contributed by atoms with Crippen molar-refractivity contribution in [3.63, 3.8) is 0 Å². The summed E-state index contributed by atoms with van der Waals surface area (Å²) in [4.78, 5) is 7.06. The molecule has 0 amide bonds. The van der Waals surface area contributed by atoms with Gasteiger partial charge in [-0.3, -0.25) is 0 Å². The zero-order valence-electron chi connectivity index (χ0n) is 19.9. The SMILES string of the molecule is O=S(=O)(Nc1ncc(F)cn1)c1ccc2c(c1)OCCC2c1ccc(C(F)(F)F)cc1OC1CCOCC1. The van der Waals surface area contributed by atoms with Crippen molar-refractivity contribution in [2.24, 2.45) is 0 Å². The van der Waals surface area contributed by atoms with Gasteiger partial charge in [-0.25, -0.2) is 27.5 Å². The number of sulfonamides is 1. The van der Waals surface area contributed by atoms with Gasteiger partial charge in [0.05, 0.1) is 42.7 Å². The van der Waals surface area contributed by atoms with Gasteiger partial charge in [0.2, 0.25) is 5.95 Å². The summed E-state index contributed by atoms with van der Waals surface area (Å²) >= 11 is 0. The third kappa shape index (κ3) is 5.68. The van der Waals surface area contributed by atoms with Gasteiger partial charge in [0.1, 0.15) is 17.6 Å². The molecular weight excluding hydrogens is 530 g/mol. The molecule has 0 spiro atoms. The quantitative estimate of drug-likeness (QED) is 0.433. The summed E-state index contributed by atoms with van der Waals surface area (Å²) in [5.74, 6) is -0.995. The van der Waals surface area contributed by atoms with Gasteiger partial charge in [-0.15, -0.1) is 0 Å². The molecule has 2 aromatic carbocycles. The molecule has 5 rings (SSSR count). The molecule has 1 atom stereocenters. The van der Waals surface area contributed by atoms with Crippen molar-refractivity contribution in [1.29, 1.82) is 0 Å². The van der Waals surface area contributed by atoms with E-state index in [1.165, 1.54) is 18.2 Å². The van der Waals surface area contributed by atoms with Crippen molar-refractivity contribution in [2.45, 2.75) is 42.4 Å². The van der Waals surface area contributed by atoms with E-state index in [0.29, 0.717) is 43.6 Å². The highest BCUT2D eigenvalue weighted by Gasteiger charge is 2.34. The minimum absolute atomic E-state index is 0.136. The molecule has 13 heteroatoms. The van der Waals surface area contributed by atoms with E-state index in [2.05, 4.69) is 14.7 Å². The van der Waals surface area contributed by atoms with Crippen molar-refractivity contribution < 1.29 is 40.2 Å². The maximum Gasteiger partial charge on any atom is 0.416 e. The number of nitrogens with zero attached hydrogens (tertiary/aromatic N) is 2. The predicted octanol–water partition coefficient (Wildman–Crippen LogP) is 4.91. The zero-order valence-corrected chi connectivity index (χ0v) is 20.7. The van der Waals surface area contributed by atoms with Gasteiger partial charge >= 0.3 is 6.18 Å². The first-order valence-corrected chi connectivity index (χ1v) is 13.3. The van der Waals surface area contributed by atoms with Crippen LogP contribution in [0.4, 0.5) is 23.5 Å². The Morgan fingerprint density at radius 1 is 0.947 bits per heavy atom. The maximum atomic E-state index is 13.5. The van der Waals surface area contributed by atoms with E-state index >= 15 is 0 Å². The van der Waals surface area contributed by atoms with Gasteiger partial charge in [-0.1, -0.05) is 12.1 Å². The van der Waals surface area contributed by atoms with Crippen molar-refractivity contribution in [1.82, 2.24) is 9.97 Å². The third-order valence-corrected chi connectivity index (χ3v) is 7.68. The first-order chi connectivity index (χ1) is 18.1. The maximum absolute atomic E-state index is 13.5. The molecule has 8 nitrogen and oxygen atoms in total. The van der Waals surface area contributed by atoms with E-state index in [-0.39, 0.29) is 41.0 Å². The summed E-state index contributed by atoms with van der Waals surface area (Å²) in [6, 6.07) is 7.70. The molecule has 0 radical (unpaired) electrons. The molecular formula is C25H23F4N3O5S. The molecule has 38 heavy (non-hydrogen) atoms. The molecule has 202 valence electrons. The lowest BCUT2D eigenvalue weighted by molar-refractivity contribution is -0.137. The molecule has 0 aliphatic carbocycles. The molecule has 1 aromatic heterocycles. The Morgan fingerprint density at radius 2 is 1.66 bits per heavy atom. The highest BCUT2D eigenvalue weighted by atomic mass is 32.2. The Bertz CT molecular complexity index is 1410. The van der Waals surface area contributed by atoms with Crippen molar-refractivity contribution >= 4 is 16.0 Å². The fourth-order valence-corrected chi connectivity index (χ4v) is 5.45. The Morgan fingerprint density at radius 3 is 2.37 bits per heavy atom. The van der Waals surface area contributed by atoms with Gasteiger partial charge in [0.25, 0.3) is 10.0 Å². The molecule has 0 bridgehead atoms. The second-order valence-corrected chi connectivity index (χ2v) is 10.6. The Hall–Kier alpha value is -3.45. The van der Waals surface area contributed by atoms with Crippen LogP contribution in [0, 0.1) is 5.82 Å². The standard InChI is InChI=1S/C25H23F4N3O5S/c26-16-13-30-24(31-14-16)32-38(33,34)18-2-4-20-19(7-10-36-22(20)12-18)21-3-1-15(25(27,28)29)11-23(21)37-17-5-8-35-9-6-17/h1-4,11-14,17,19H,5-10H2,(H,30,31,32). The van der Waals surface area contributed by atoms with Gasteiger partial charge in [-0.05, 0) is 24.6 Å². The average molecular weight is 554 g/mol. The van der Waals surface area contributed by atoms with Crippen molar-refractivity contribution in [3.8, 4) is 11.5 Å². The largest absolute Gasteiger partial charge is 0.493 e. The summed E-state index contributed by atoms with van der Waals surface area (Å²) in [6.07, 6.45) is -1.58. The van der Waals surface area contributed by atoms with Gasteiger partial charge in [0.15, 0.2) is 5.82 Å². The van der Waals surface area contributed by atoms with E-state index in [9.17, 15) is 26.0 Å². The van der Waals surface area contributed by atoms with E-state index in [0.717, 1.165) is 24.5 Å². The number of rotatable bonds is 6. The van der Waals surface area contributed by atoms with Crippen LogP contribution >= 0.6 is 0 Å². The Labute approximate surface area is 216 Å². The van der Waals surface area contributed by atoms with Crippen LogP contribution in [-0.2, 0) is 20.9 Å². The van der Waals surface area contributed by atoms with Crippen LogP contribution in [0.3, 0.4) is 0 Å². The van der Waals surface area contributed by atoms with Crippen molar-refractivity contribution in [3.05, 3.63) is 71.3 Å². The van der Waals surface area contributed by atoms with Gasteiger partial charge < -0.3 is 14.2 Å². The number of aromatic nitrogens is 2. The monoisotopic (exact) mass is 553 g/mol. The Kier molecular flexibility index (Phi) is 7.14. The molecule has 0 saturated carbocycles. The summed E-state index contributed by atoms with van der Waals surface area (Å²) in [5.41, 5.74) is 0.360. The smallest absolute Gasteiger partial charge is 0.416 e. The van der Waals surface area contributed by atoms with Crippen LogP contribution in [0.1, 0.15) is 41.9 Å². The van der Waals surface area contributed by atoms with Crippen LogP contribution in [0.25, 0.3) is 0 Å². The lowest BCUT2D eigenvalue weighted by Gasteiger charge is -2.30. The fraction of sp³-hybridized carbons (Fsp3) is 0.360. The number of halogens is 4. The molecule has 1 N–H and O–H groups in total. The number of fused-ring (bicyclic) bond motifs is 1. The number of hydrogen-bond donors (Lipinski definition) is 1. The van der Waals surface area contributed by atoms with E-state index in [1.807, 2.05) is 0 Å². The minimum atomic E-state index is -4.54. The zero-order chi connectivity index (χ0) is 26.9. The number of nitrogens with one attached hydrogen (secondary N) is 1. The summed E-state index contributed by atoms with van der Waals surface area (Å²) in [6.45, 7) is 1.15. The normalized spacial score (nSPS) is 18.4. The van der Waals surface area contributed by atoms with Crippen molar-refractivity contribution in [2.75, 3.05) is 24.5 Å². The summed E-state index contributed by atoms with van der Waals surface area (Å²) in [5, 5.41) is 0. The predicted molar refractivity (Wildman–Crippen MR) is 127 cm³/mol. The summed E-state index contributed by atoms with van der Waals surface area (Å²) in [7, 11) is -4.13. The van der Waals surface area contributed by atoms with E-state index in [4.69, 9.17) is 14.2 Å². The van der Waals surface area contributed by atoms with Crippen LogP contribution < -0.4 is 14.2 Å². The number of ether oxygens (including phenoxy) is 3. The first kappa shape index (κ1) is 26.2. The van der Waals surface area contributed by atoms with E-state index < -0.39 is 27.6 Å². The average Bonchev–Trinajstić information content (AvgIpc) is 2.89. The molecule has 2 aliphatic heterocycles. The highest BCUT2D eigenvalue weighted by molar-refractivity contribution is 7.92. The molecule has 3 aromatic rings. The molecule has 3 heterocycles. The van der Waals surface area contributed by atoms with Crippen LogP contribution in [-0.4, -0.2) is 44.3 Å². The second kappa shape index (κ2) is 10.4. The summed E-state index contributed by atoms with van der Waals surface area (Å²) < 4.78 is 98.6. The minimum Gasteiger partial charge on any atom is -0.493 e. The number of hydrogen-bond acceptors (Lipinski definition) is 7. The van der Waals surface area contributed by atoms with Crippen LogP contribution in [0.2, 0.25) is 0 Å². The molecule has 1 fully saturated rings. The topological polar surface area (TPSA) is 99.6 Å². The van der Waals surface area contributed by atoms with Gasteiger partial charge in [0, 0.05) is 36.0 Å².